The van der Waals surface area contributed by atoms with Crippen molar-refractivity contribution in [2.75, 3.05) is 11.5 Å². The van der Waals surface area contributed by atoms with E-state index in [2.05, 4.69) is 26.2 Å². The lowest BCUT2D eigenvalue weighted by Gasteiger charge is -2.49. The minimum Gasteiger partial charge on any atom is -0.508 e. The Hall–Kier alpha value is -7.28. The van der Waals surface area contributed by atoms with Crippen molar-refractivity contribution in [1.29, 1.82) is 0 Å². The van der Waals surface area contributed by atoms with Crippen LogP contribution in [-0.4, -0.2) is 111 Å². The number of fused-ring (bicyclic) bond motifs is 2. The number of thioether (sulfide) groups is 2. The average Bonchev–Trinajstić information content (AvgIpc) is 3.61. The van der Waals surface area contributed by atoms with Crippen LogP contribution in [0.2, 0.25) is 0 Å². The lowest BCUT2D eigenvalue weighted by molar-refractivity contribution is -0.151. The van der Waals surface area contributed by atoms with E-state index in [4.69, 9.17) is 23.7 Å². The number of amides is 3. The van der Waals surface area contributed by atoms with Gasteiger partial charge in [-0.1, -0.05) is 23.9 Å². The maximum atomic E-state index is 14.0. The quantitative estimate of drug-likeness (QED) is 0.0494. The molecular weight excluding hydrogens is 839 g/mol. The Labute approximate surface area is 343 Å². The third-order valence-electron chi connectivity index (χ3n) is 8.40. The zero-order chi connectivity index (χ0) is 43.6. The highest BCUT2D eigenvalue weighted by atomic mass is 32.2. The lowest BCUT2D eigenvalue weighted by atomic mass is 10.0. The van der Waals surface area contributed by atoms with E-state index in [-0.39, 0.29) is 33.7 Å². The number of carbonyl (C=O) groups excluding carboxylic acids is 6. The number of rotatable bonds is 14. The van der Waals surface area contributed by atoms with Crippen molar-refractivity contribution in [3.05, 3.63) is 69.2 Å². The minimum absolute atomic E-state index is 0.0244. The summed E-state index contributed by atoms with van der Waals surface area (Å²) in [5.41, 5.74) is -2.27. The molecule has 2 aliphatic heterocycles. The molecule has 0 bridgehead atoms. The van der Waals surface area contributed by atoms with E-state index in [1.54, 1.807) is 0 Å². The predicted octanol–water partition coefficient (Wildman–Crippen LogP) is 0.348. The summed E-state index contributed by atoms with van der Waals surface area (Å²) in [6.45, 7) is 2.44. The highest BCUT2D eigenvalue weighted by Crippen LogP contribution is 2.44. The number of carboxylic acids is 2. The standard InChI is InChI=1S/C35H29N7O16S2/c1-13(43)56-21-8-19-26(49)20(10-55-27(19)29(58-15(3)45)28(21)57-14(2)44)30(50)36-23(16-4-6-18(46)7-5-16)31(51)37-24-32(52)42-25(34(53)54)17(11-59-33(24)42)12-60-35-38-39-40-41(35)9-22(47)48/h4-8,10,23-24,33,46H,9,11-12H2,1-3H3,(H,36,50)(H,37,51)(H,47,48)(H,53,54)/t23?,24-,33+/m1/s1. The number of phenols is 1. The number of esters is 3. The van der Waals surface area contributed by atoms with Crippen molar-refractivity contribution in [2.24, 2.45) is 0 Å². The normalized spacial score (nSPS) is 16.2. The van der Waals surface area contributed by atoms with Crippen LogP contribution in [-0.2, 0) is 40.1 Å². The van der Waals surface area contributed by atoms with E-state index in [0.29, 0.717) is 11.8 Å². The Morgan fingerprint density at radius 2 is 1.65 bits per heavy atom. The van der Waals surface area contributed by atoms with Gasteiger partial charge in [-0.3, -0.25) is 43.3 Å². The van der Waals surface area contributed by atoms with Gasteiger partial charge in [0.1, 0.15) is 47.3 Å². The molecule has 23 nitrogen and oxygen atoms in total. The maximum absolute atomic E-state index is 14.0. The van der Waals surface area contributed by atoms with Crippen LogP contribution in [0.1, 0.15) is 42.7 Å². The molecule has 0 radical (unpaired) electrons. The van der Waals surface area contributed by atoms with E-state index >= 15 is 0 Å². The van der Waals surface area contributed by atoms with Crippen LogP contribution in [0.3, 0.4) is 0 Å². The van der Waals surface area contributed by atoms with Gasteiger partial charge in [-0.05, 0) is 33.7 Å². The first-order chi connectivity index (χ1) is 28.4. The third kappa shape index (κ3) is 8.75. The summed E-state index contributed by atoms with van der Waals surface area (Å²) in [6.07, 6.45) is 0.677. The van der Waals surface area contributed by atoms with Crippen LogP contribution in [0.4, 0.5) is 0 Å². The number of hydrogen-bond acceptors (Lipinski definition) is 19. The van der Waals surface area contributed by atoms with E-state index in [1.165, 1.54) is 24.3 Å². The first-order valence-corrected chi connectivity index (χ1v) is 19.1. The summed E-state index contributed by atoms with van der Waals surface area (Å²) in [5.74, 6) is -10.4. The molecule has 312 valence electrons. The molecule has 60 heavy (non-hydrogen) atoms. The highest BCUT2D eigenvalue weighted by Gasteiger charge is 2.54. The van der Waals surface area contributed by atoms with Crippen molar-refractivity contribution < 1.29 is 72.3 Å². The monoisotopic (exact) mass is 867 g/mol. The molecule has 2 aliphatic rings. The summed E-state index contributed by atoms with van der Waals surface area (Å²) in [5, 5.41) is 43.6. The first kappa shape index (κ1) is 42.3. The number of aliphatic carboxylic acids is 2. The number of carbonyl (C=O) groups is 8. The predicted molar refractivity (Wildman–Crippen MR) is 201 cm³/mol. The fourth-order valence-corrected chi connectivity index (χ4v) is 8.31. The van der Waals surface area contributed by atoms with Crippen molar-refractivity contribution >= 4 is 82.1 Å². The van der Waals surface area contributed by atoms with E-state index in [9.17, 15) is 53.4 Å². The van der Waals surface area contributed by atoms with E-state index in [1.807, 2.05) is 0 Å². The molecule has 6 rings (SSSR count). The van der Waals surface area contributed by atoms with E-state index in [0.717, 1.165) is 59.9 Å². The Morgan fingerprint density at radius 1 is 0.983 bits per heavy atom. The van der Waals surface area contributed by atoms with Gasteiger partial charge < -0.3 is 44.6 Å². The number of aromatic nitrogens is 4. The van der Waals surface area contributed by atoms with E-state index < -0.39 is 111 Å². The van der Waals surface area contributed by atoms with Gasteiger partial charge in [0.25, 0.3) is 11.8 Å². The second-order valence-electron chi connectivity index (χ2n) is 12.6. The fraction of sp³-hybridized carbons (Fsp3) is 0.257. The number of hydrogen-bond donors (Lipinski definition) is 5. The van der Waals surface area contributed by atoms with Crippen molar-refractivity contribution in [3.63, 3.8) is 0 Å². The van der Waals surface area contributed by atoms with Gasteiger partial charge >= 0.3 is 29.8 Å². The number of carboxylic acid groups (broad SMARTS) is 2. The minimum atomic E-state index is -1.65. The number of aromatic hydroxyl groups is 1. The molecule has 2 aromatic heterocycles. The van der Waals surface area contributed by atoms with Gasteiger partial charge in [-0.2, -0.15) is 0 Å². The molecule has 4 aromatic rings. The number of benzene rings is 2. The zero-order valence-corrected chi connectivity index (χ0v) is 32.7. The van der Waals surface area contributed by atoms with Gasteiger partial charge in [0, 0.05) is 38.3 Å². The topological polar surface area (TPSA) is 326 Å². The number of nitrogens with zero attached hydrogens (tertiary/aromatic N) is 5. The molecule has 0 spiro atoms. The molecule has 25 heteroatoms. The molecule has 1 unspecified atom stereocenters. The van der Waals surface area contributed by atoms with Gasteiger partial charge in [0.2, 0.25) is 28.0 Å². The summed E-state index contributed by atoms with van der Waals surface area (Å²) in [4.78, 5) is 116. The summed E-state index contributed by atoms with van der Waals surface area (Å²) < 4.78 is 21.9. The van der Waals surface area contributed by atoms with Crippen LogP contribution in [0.5, 0.6) is 23.0 Å². The zero-order valence-electron chi connectivity index (χ0n) is 31.0. The van der Waals surface area contributed by atoms with Crippen LogP contribution < -0.4 is 30.3 Å². The molecule has 4 heterocycles. The number of ether oxygens (including phenoxy) is 3. The van der Waals surface area contributed by atoms with Crippen LogP contribution in [0.25, 0.3) is 11.0 Å². The van der Waals surface area contributed by atoms with Crippen molar-refractivity contribution in [1.82, 2.24) is 35.7 Å². The Bertz CT molecular complexity index is 2590. The molecule has 2 aromatic carbocycles. The molecule has 1 saturated heterocycles. The molecule has 1 fully saturated rings. The van der Waals surface area contributed by atoms with Gasteiger partial charge in [0.15, 0.2) is 11.3 Å². The fourth-order valence-electron chi connectivity index (χ4n) is 5.95. The maximum Gasteiger partial charge on any atom is 0.352 e. The SMILES string of the molecule is CC(=O)Oc1cc2c(=O)c(C(=O)NC(C(=O)N[C@@H]3C(=O)N4C(C(=O)O)=C(CSc5nnnn5CC(=O)O)CS[C@@H]34)c3ccc(O)cc3)coc2c(OC(C)=O)c1OC(C)=O. The van der Waals surface area contributed by atoms with Crippen LogP contribution in [0, 0.1) is 0 Å². The van der Waals surface area contributed by atoms with Gasteiger partial charge in [0.05, 0.1) is 5.39 Å². The molecular formula is C35H29N7O16S2. The Morgan fingerprint density at radius 3 is 2.28 bits per heavy atom. The smallest absolute Gasteiger partial charge is 0.352 e. The molecule has 0 saturated carbocycles. The lowest BCUT2D eigenvalue weighted by Crippen LogP contribution is -2.71. The van der Waals surface area contributed by atoms with Crippen molar-refractivity contribution in [2.45, 2.75) is 49.9 Å². The molecule has 3 atom stereocenters. The molecule has 5 N–H and O–H groups in total. The number of phenolic OH excluding ortho intramolecular Hbond substituents is 1. The number of nitrogens with one attached hydrogen (secondary N) is 2. The first-order valence-electron chi connectivity index (χ1n) is 17.0. The summed E-state index contributed by atoms with van der Waals surface area (Å²) in [6, 6.07) is 2.94. The van der Waals surface area contributed by atoms with Gasteiger partial charge in [-0.15, -0.1) is 16.9 Å². The summed E-state index contributed by atoms with van der Waals surface area (Å²) >= 11 is 2.08. The molecule has 0 aliphatic carbocycles. The number of β-lactam (4-membered cyclic amide) rings is 1. The molecule has 3 amide bonds. The second kappa shape index (κ2) is 17.3. The second-order valence-corrected chi connectivity index (χ2v) is 14.7. The highest BCUT2D eigenvalue weighted by molar-refractivity contribution is 8.01. The van der Waals surface area contributed by atoms with Crippen molar-refractivity contribution in [3.8, 4) is 23.0 Å². The Balaban J connectivity index is 1.27. The Kier molecular flexibility index (Phi) is 12.2. The largest absolute Gasteiger partial charge is 0.508 e. The van der Waals surface area contributed by atoms with Crippen LogP contribution >= 0.6 is 23.5 Å². The number of tetrazole rings is 1. The summed E-state index contributed by atoms with van der Waals surface area (Å²) in [7, 11) is 0. The van der Waals surface area contributed by atoms with Crippen LogP contribution in [0.15, 0.2) is 62.2 Å². The third-order valence-corrected chi connectivity index (χ3v) is 10.8. The van der Waals surface area contributed by atoms with Gasteiger partial charge in [-0.25, -0.2) is 9.48 Å². The average molecular weight is 868 g/mol.